The highest BCUT2D eigenvalue weighted by Crippen LogP contribution is 2.22. The SMILES string of the molecule is CC[C@H](NC(=O)C1CC([C@@H](NC(=O)c2ccc3ccccc3c2)C(C)C)=NO1)C(=O)COc1ccc2ccccc2c1. The van der Waals surface area contributed by atoms with E-state index >= 15 is 0 Å². The summed E-state index contributed by atoms with van der Waals surface area (Å²) in [6.45, 7) is 5.61. The molecular formula is C34H35N3O5. The summed E-state index contributed by atoms with van der Waals surface area (Å²) in [5.74, 6) is -0.288. The van der Waals surface area contributed by atoms with Crippen molar-refractivity contribution in [1.82, 2.24) is 10.6 Å². The van der Waals surface area contributed by atoms with Gasteiger partial charge in [0.2, 0.25) is 6.10 Å². The summed E-state index contributed by atoms with van der Waals surface area (Å²) in [4.78, 5) is 44.6. The van der Waals surface area contributed by atoms with Crippen molar-refractivity contribution in [2.24, 2.45) is 11.1 Å². The van der Waals surface area contributed by atoms with Crippen LogP contribution in [0.3, 0.4) is 0 Å². The van der Waals surface area contributed by atoms with Crippen LogP contribution < -0.4 is 15.4 Å². The van der Waals surface area contributed by atoms with E-state index in [-0.39, 0.29) is 30.6 Å². The molecule has 0 aromatic heterocycles. The van der Waals surface area contributed by atoms with Crippen LogP contribution in [-0.2, 0) is 14.4 Å². The van der Waals surface area contributed by atoms with Crippen molar-refractivity contribution in [2.45, 2.75) is 51.8 Å². The van der Waals surface area contributed by atoms with E-state index in [0.29, 0.717) is 23.4 Å². The van der Waals surface area contributed by atoms with Gasteiger partial charge in [-0.3, -0.25) is 14.4 Å². The summed E-state index contributed by atoms with van der Waals surface area (Å²) in [5, 5.41) is 14.2. The molecule has 8 nitrogen and oxygen atoms in total. The Labute approximate surface area is 245 Å². The van der Waals surface area contributed by atoms with Gasteiger partial charge in [0.1, 0.15) is 12.4 Å². The van der Waals surface area contributed by atoms with Crippen LogP contribution in [0.4, 0.5) is 0 Å². The Morgan fingerprint density at radius 1 is 0.881 bits per heavy atom. The first kappa shape index (κ1) is 28.8. The van der Waals surface area contributed by atoms with Gasteiger partial charge in [0, 0.05) is 12.0 Å². The van der Waals surface area contributed by atoms with E-state index in [9.17, 15) is 14.4 Å². The van der Waals surface area contributed by atoms with Crippen molar-refractivity contribution in [1.29, 1.82) is 0 Å². The van der Waals surface area contributed by atoms with Crippen LogP contribution in [0.25, 0.3) is 21.5 Å². The Kier molecular flexibility index (Phi) is 8.81. The first-order valence-electron chi connectivity index (χ1n) is 14.3. The minimum Gasteiger partial charge on any atom is -0.486 e. The first-order valence-corrected chi connectivity index (χ1v) is 14.3. The summed E-state index contributed by atoms with van der Waals surface area (Å²) in [6.07, 6.45) is -0.268. The van der Waals surface area contributed by atoms with E-state index in [1.54, 1.807) is 6.07 Å². The number of nitrogens with zero attached hydrogens (tertiary/aromatic N) is 1. The van der Waals surface area contributed by atoms with E-state index in [1.807, 2.05) is 99.6 Å². The third-order valence-corrected chi connectivity index (χ3v) is 7.52. The summed E-state index contributed by atoms with van der Waals surface area (Å²) < 4.78 is 5.74. The molecule has 2 amide bonds. The van der Waals surface area contributed by atoms with E-state index in [0.717, 1.165) is 21.5 Å². The molecule has 4 aromatic rings. The Morgan fingerprint density at radius 2 is 1.52 bits per heavy atom. The largest absolute Gasteiger partial charge is 0.486 e. The maximum atomic E-state index is 13.1. The number of carbonyl (C=O) groups excluding carboxylic acids is 3. The standard InChI is InChI=1S/C34H35N3O5/c1-4-28(30(38)20-41-27-16-15-23-10-6-8-12-25(23)18-27)35-34(40)31-19-29(37-42-31)32(21(2)3)36-33(39)26-14-13-22-9-5-7-11-24(22)17-26/h5-18,21,28,31-32H,4,19-20H2,1-3H3,(H,35,40)(H,36,39)/t28-,31?,32-/m0/s1. The van der Waals surface area contributed by atoms with Crippen LogP contribution in [0.2, 0.25) is 0 Å². The Bertz CT molecular complexity index is 1650. The molecule has 216 valence electrons. The Morgan fingerprint density at radius 3 is 2.19 bits per heavy atom. The lowest BCUT2D eigenvalue weighted by molar-refractivity contribution is -0.135. The van der Waals surface area contributed by atoms with Gasteiger partial charge in [-0.1, -0.05) is 86.6 Å². The van der Waals surface area contributed by atoms with Crippen molar-refractivity contribution >= 4 is 44.9 Å². The monoisotopic (exact) mass is 565 g/mol. The minimum atomic E-state index is -0.887. The number of hydrogen-bond donors (Lipinski definition) is 2. The van der Waals surface area contributed by atoms with E-state index in [2.05, 4.69) is 15.8 Å². The highest BCUT2D eigenvalue weighted by molar-refractivity contribution is 6.03. The van der Waals surface area contributed by atoms with E-state index < -0.39 is 24.1 Å². The topological polar surface area (TPSA) is 106 Å². The molecular weight excluding hydrogens is 530 g/mol. The minimum absolute atomic E-state index is 0.00999. The molecule has 1 unspecified atom stereocenters. The van der Waals surface area contributed by atoms with Gasteiger partial charge in [-0.25, -0.2) is 0 Å². The number of rotatable bonds is 11. The number of fused-ring (bicyclic) bond motifs is 2. The normalized spacial score (nSPS) is 16.0. The van der Waals surface area contributed by atoms with Crippen molar-refractivity contribution in [2.75, 3.05) is 6.61 Å². The first-order chi connectivity index (χ1) is 20.3. The number of ketones is 1. The molecule has 0 saturated heterocycles. The molecule has 0 saturated carbocycles. The second-order valence-electron chi connectivity index (χ2n) is 10.9. The molecule has 0 aliphatic carbocycles. The maximum Gasteiger partial charge on any atom is 0.264 e. The highest BCUT2D eigenvalue weighted by atomic mass is 16.6. The predicted molar refractivity (Wildman–Crippen MR) is 164 cm³/mol. The number of Topliss-reactive ketones (excluding diaryl/α,β-unsaturated/α-hetero) is 1. The number of ether oxygens (including phenoxy) is 1. The van der Waals surface area contributed by atoms with Gasteiger partial charge in [0.05, 0.1) is 17.8 Å². The highest BCUT2D eigenvalue weighted by Gasteiger charge is 2.35. The van der Waals surface area contributed by atoms with Gasteiger partial charge < -0.3 is 20.2 Å². The molecule has 1 heterocycles. The van der Waals surface area contributed by atoms with Crippen molar-refractivity contribution in [3.05, 3.63) is 90.5 Å². The quantitative estimate of drug-likeness (QED) is 0.252. The maximum absolute atomic E-state index is 13.1. The lowest BCUT2D eigenvalue weighted by atomic mass is 9.95. The third kappa shape index (κ3) is 6.60. The molecule has 1 aliphatic rings. The van der Waals surface area contributed by atoms with Crippen molar-refractivity contribution < 1.29 is 24.0 Å². The van der Waals surface area contributed by atoms with Gasteiger partial charge in [-0.15, -0.1) is 0 Å². The Hall–Kier alpha value is -4.72. The third-order valence-electron chi connectivity index (χ3n) is 7.52. The number of hydrogen-bond acceptors (Lipinski definition) is 6. The molecule has 0 spiro atoms. The van der Waals surface area contributed by atoms with E-state index in [4.69, 9.17) is 9.57 Å². The summed E-state index contributed by atoms with van der Waals surface area (Å²) in [7, 11) is 0. The van der Waals surface area contributed by atoms with Gasteiger partial charge >= 0.3 is 0 Å². The molecule has 3 atom stereocenters. The van der Waals surface area contributed by atoms with Crippen LogP contribution >= 0.6 is 0 Å². The lowest BCUT2D eigenvalue weighted by Crippen LogP contribution is -2.48. The van der Waals surface area contributed by atoms with Crippen LogP contribution in [0.1, 0.15) is 44.0 Å². The average Bonchev–Trinajstić information content (AvgIpc) is 3.50. The second-order valence-corrected chi connectivity index (χ2v) is 10.9. The molecule has 2 N–H and O–H groups in total. The number of oxime groups is 1. The zero-order valence-corrected chi connectivity index (χ0v) is 24.0. The second kappa shape index (κ2) is 12.9. The van der Waals surface area contributed by atoms with Crippen LogP contribution in [0.15, 0.2) is 90.1 Å². The average molecular weight is 566 g/mol. The summed E-state index contributed by atoms with van der Waals surface area (Å²) in [6, 6.07) is 25.9. The fourth-order valence-corrected chi connectivity index (χ4v) is 5.10. The molecule has 42 heavy (non-hydrogen) atoms. The molecule has 4 aromatic carbocycles. The summed E-state index contributed by atoms with van der Waals surface area (Å²) >= 11 is 0. The van der Waals surface area contributed by atoms with Gasteiger partial charge in [0.15, 0.2) is 5.78 Å². The fourth-order valence-electron chi connectivity index (χ4n) is 5.10. The van der Waals surface area contributed by atoms with Crippen molar-refractivity contribution in [3.63, 3.8) is 0 Å². The van der Waals surface area contributed by atoms with Crippen LogP contribution in [-0.4, -0.2) is 48.1 Å². The molecule has 0 bridgehead atoms. The van der Waals surface area contributed by atoms with Gasteiger partial charge in [-0.2, -0.15) is 0 Å². The van der Waals surface area contributed by atoms with Crippen LogP contribution in [0, 0.1) is 5.92 Å². The molecule has 5 rings (SSSR count). The molecule has 0 radical (unpaired) electrons. The number of amides is 2. The lowest BCUT2D eigenvalue weighted by Gasteiger charge is -2.22. The summed E-state index contributed by atoms with van der Waals surface area (Å²) in [5.41, 5.74) is 1.13. The Balaban J connectivity index is 1.15. The molecule has 0 fully saturated rings. The molecule has 1 aliphatic heterocycles. The molecule has 8 heteroatoms. The van der Waals surface area contributed by atoms with E-state index in [1.165, 1.54) is 0 Å². The fraction of sp³-hybridized carbons (Fsp3) is 0.294. The number of nitrogens with one attached hydrogen (secondary N) is 2. The number of carbonyl (C=O) groups is 3. The predicted octanol–water partition coefficient (Wildman–Crippen LogP) is 5.44. The zero-order valence-electron chi connectivity index (χ0n) is 24.0. The van der Waals surface area contributed by atoms with Crippen molar-refractivity contribution in [3.8, 4) is 5.75 Å². The number of benzene rings is 4. The smallest absolute Gasteiger partial charge is 0.264 e. The zero-order chi connectivity index (χ0) is 29.6. The van der Waals surface area contributed by atoms with Gasteiger partial charge in [0.25, 0.3) is 11.8 Å². The van der Waals surface area contributed by atoms with Gasteiger partial charge in [-0.05, 0) is 58.1 Å². The van der Waals surface area contributed by atoms with Crippen LogP contribution in [0.5, 0.6) is 5.75 Å².